The lowest BCUT2D eigenvalue weighted by Gasteiger charge is -2.08. The Bertz CT molecular complexity index is 630. The molecule has 5 nitrogen and oxygen atoms in total. The summed E-state index contributed by atoms with van der Waals surface area (Å²) in [4.78, 5) is 23.4. The highest BCUT2D eigenvalue weighted by Crippen LogP contribution is 2.09. The molecule has 0 aliphatic heterocycles. The van der Waals surface area contributed by atoms with Crippen molar-refractivity contribution in [1.29, 1.82) is 0 Å². The number of amides is 2. The number of hydrazine groups is 1. The van der Waals surface area contributed by atoms with Crippen LogP contribution >= 0.6 is 11.6 Å². The van der Waals surface area contributed by atoms with Gasteiger partial charge in [0.05, 0.1) is 0 Å². The number of carbonyl (C=O) groups is 2. The summed E-state index contributed by atoms with van der Waals surface area (Å²) in [5, 5.41) is 3.66. The number of hydrogen-bond acceptors (Lipinski definition) is 3. The van der Waals surface area contributed by atoms with E-state index in [1.807, 2.05) is 30.3 Å². The molecule has 0 saturated carbocycles. The SMILES string of the molecule is O=C(CCNc1ccccc1)NNC(=O)c1ccc(Cl)cc1. The first kappa shape index (κ1) is 15.9. The van der Waals surface area contributed by atoms with Crippen LogP contribution in [-0.2, 0) is 4.79 Å². The molecule has 2 amide bonds. The van der Waals surface area contributed by atoms with E-state index in [1.165, 1.54) is 0 Å². The monoisotopic (exact) mass is 317 g/mol. The van der Waals surface area contributed by atoms with Crippen molar-refractivity contribution in [3.63, 3.8) is 0 Å². The lowest BCUT2D eigenvalue weighted by atomic mass is 10.2. The minimum atomic E-state index is -0.388. The van der Waals surface area contributed by atoms with Gasteiger partial charge in [0.15, 0.2) is 0 Å². The Labute approximate surface area is 133 Å². The van der Waals surface area contributed by atoms with Gasteiger partial charge in [-0.2, -0.15) is 0 Å². The lowest BCUT2D eigenvalue weighted by molar-refractivity contribution is -0.121. The number of carbonyl (C=O) groups excluding carboxylic acids is 2. The van der Waals surface area contributed by atoms with E-state index in [4.69, 9.17) is 11.6 Å². The van der Waals surface area contributed by atoms with Gasteiger partial charge >= 0.3 is 0 Å². The first-order chi connectivity index (χ1) is 10.6. The van der Waals surface area contributed by atoms with E-state index in [0.29, 0.717) is 17.1 Å². The molecule has 2 aromatic rings. The first-order valence-corrected chi connectivity index (χ1v) is 7.16. The highest BCUT2D eigenvalue weighted by atomic mass is 35.5. The number of halogens is 1. The van der Waals surface area contributed by atoms with Crippen molar-refractivity contribution in [1.82, 2.24) is 10.9 Å². The van der Waals surface area contributed by atoms with Gasteiger partial charge in [0.1, 0.15) is 0 Å². The minimum Gasteiger partial charge on any atom is -0.385 e. The van der Waals surface area contributed by atoms with E-state index >= 15 is 0 Å². The Kier molecular flexibility index (Phi) is 5.80. The van der Waals surface area contributed by atoms with E-state index in [-0.39, 0.29) is 18.2 Å². The fourth-order valence-electron chi connectivity index (χ4n) is 1.74. The molecule has 2 aromatic carbocycles. The quantitative estimate of drug-likeness (QED) is 0.742. The predicted molar refractivity (Wildman–Crippen MR) is 86.6 cm³/mol. The number of rotatable bonds is 5. The van der Waals surface area contributed by atoms with Crippen molar-refractivity contribution in [3.05, 3.63) is 65.2 Å². The molecule has 3 N–H and O–H groups in total. The largest absolute Gasteiger partial charge is 0.385 e. The third-order valence-corrected chi connectivity index (χ3v) is 3.13. The molecule has 0 fully saturated rings. The fourth-order valence-corrected chi connectivity index (χ4v) is 1.86. The van der Waals surface area contributed by atoms with Crippen molar-refractivity contribution in [2.75, 3.05) is 11.9 Å². The number of anilines is 1. The van der Waals surface area contributed by atoms with Gasteiger partial charge in [0.25, 0.3) is 5.91 Å². The predicted octanol–water partition coefficient (Wildman–Crippen LogP) is 2.60. The molecule has 22 heavy (non-hydrogen) atoms. The molecule has 0 aromatic heterocycles. The van der Waals surface area contributed by atoms with Gasteiger partial charge in [-0.05, 0) is 36.4 Å². The van der Waals surface area contributed by atoms with Crippen LogP contribution in [0.5, 0.6) is 0 Å². The van der Waals surface area contributed by atoms with E-state index in [2.05, 4.69) is 16.2 Å². The van der Waals surface area contributed by atoms with E-state index in [0.717, 1.165) is 5.69 Å². The maximum Gasteiger partial charge on any atom is 0.269 e. The molecule has 0 heterocycles. The summed E-state index contributed by atoms with van der Waals surface area (Å²) >= 11 is 5.74. The molecule has 6 heteroatoms. The maximum absolute atomic E-state index is 11.8. The van der Waals surface area contributed by atoms with Crippen LogP contribution in [0.4, 0.5) is 5.69 Å². The summed E-state index contributed by atoms with van der Waals surface area (Å²) in [5.41, 5.74) is 6.10. The molecule has 0 spiro atoms. The second-order valence-corrected chi connectivity index (χ2v) is 4.99. The maximum atomic E-state index is 11.8. The minimum absolute atomic E-state index is 0.246. The van der Waals surface area contributed by atoms with Gasteiger partial charge in [0, 0.05) is 29.2 Å². The Morgan fingerprint density at radius 2 is 1.59 bits per heavy atom. The second kappa shape index (κ2) is 8.05. The van der Waals surface area contributed by atoms with Crippen LogP contribution in [0, 0.1) is 0 Å². The standard InChI is InChI=1S/C16H16ClN3O2/c17-13-8-6-12(7-9-13)16(22)20-19-15(21)10-11-18-14-4-2-1-3-5-14/h1-9,18H,10-11H2,(H,19,21)(H,20,22). The van der Waals surface area contributed by atoms with Crippen LogP contribution in [0.1, 0.15) is 16.8 Å². The number of para-hydroxylation sites is 1. The van der Waals surface area contributed by atoms with Gasteiger partial charge in [-0.25, -0.2) is 0 Å². The molecular formula is C16H16ClN3O2. The topological polar surface area (TPSA) is 70.2 Å². The van der Waals surface area contributed by atoms with Crippen LogP contribution in [0.3, 0.4) is 0 Å². The van der Waals surface area contributed by atoms with Crippen LogP contribution in [0.25, 0.3) is 0 Å². The van der Waals surface area contributed by atoms with Crippen molar-refractivity contribution in [3.8, 4) is 0 Å². The summed E-state index contributed by atoms with van der Waals surface area (Å²) < 4.78 is 0. The normalized spacial score (nSPS) is 9.86. The zero-order valence-electron chi connectivity index (χ0n) is 11.8. The Balaban J connectivity index is 1.69. The number of nitrogens with one attached hydrogen (secondary N) is 3. The Morgan fingerprint density at radius 1 is 0.909 bits per heavy atom. The summed E-state index contributed by atoms with van der Waals surface area (Å²) in [6.45, 7) is 0.479. The molecule has 0 saturated heterocycles. The van der Waals surface area contributed by atoms with Gasteiger partial charge in [0.2, 0.25) is 5.91 Å². The molecular weight excluding hydrogens is 302 g/mol. The molecule has 0 unspecified atom stereocenters. The van der Waals surface area contributed by atoms with E-state index < -0.39 is 0 Å². The van der Waals surface area contributed by atoms with Crippen LogP contribution < -0.4 is 16.2 Å². The third-order valence-electron chi connectivity index (χ3n) is 2.88. The molecule has 2 rings (SSSR count). The molecule has 0 radical (unpaired) electrons. The Hall–Kier alpha value is -2.53. The van der Waals surface area contributed by atoms with E-state index in [1.54, 1.807) is 24.3 Å². The molecule has 0 aliphatic carbocycles. The molecule has 0 atom stereocenters. The average molecular weight is 318 g/mol. The molecule has 0 aliphatic rings. The summed E-state index contributed by atoms with van der Waals surface area (Å²) in [5.74, 6) is -0.660. The summed E-state index contributed by atoms with van der Waals surface area (Å²) in [6.07, 6.45) is 0.246. The van der Waals surface area contributed by atoms with Gasteiger partial charge in [-0.1, -0.05) is 29.8 Å². The van der Waals surface area contributed by atoms with Gasteiger partial charge in [-0.15, -0.1) is 0 Å². The lowest BCUT2D eigenvalue weighted by Crippen LogP contribution is -2.42. The van der Waals surface area contributed by atoms with E-state index in [9.17, 15) is 9.59 Å². The first-order valence-electron chi connectivity index (χ1n) is 6.79. The van der Waals surface area contributed by atoms with Crippen molar-refractivity contribution < 1.29 is 9.59 Å². The highest BCUT2D eigenvalue weighted by molar-refractivity contribution is 6.30. The number of benzene rings is 2. The molecule has 0 bridgehead atoms. The van der Waals surface area contributed by atoms with Crippen molar-refractivity contribution in [2.45, 2.75) is 6.42 Å². The van der Waals surface area contributed by atoms with Crippen LogP contribution in [0.2, 0.25) is 5.02 Å². The van der Waals surface area contributed by atoms with Crippen LogP contribution in [0.15, 0.2) is 54.6 Å². The zero-order valence-corrected chi connectivity index (χ0v) is 12.6. The van der Waals surface area contributed by atoms with Crippen molar-refractivity contribution >= 4 is 29.1 Å². The highest BCUT2D eigenvalue weighted by Gasteiger charge is 2.07. The second-order valence-electron chi connectivity index (χ2n) is 4.55. The zero-order chi connectivity index (χ0) is 15.8. The summed E-state index contributed by atoms with van der Waals surface area (Å²) in [6, 6.07) is 16.0. The third kappa shape index (κ3) is 5.10. The molecule has 114 valence electrons. The average Bonchev–Trinajstić information content (AvgIpc) is 2.54. The van der Waals surface area contributed by atoms with Crippen molar-refractivity contribution in [2.24, 2.45) is 0 Å². The number of hydrogen-bond donors (Lipinski definition) is 3. The van der Waals surface area contributed by atoms with Crippen LogP contribution in [-0.4, -0.2) is 18.4 Å². The van der Waals surface area contributed by atoms with Gasteiger partial charge in [-0.3, -0.25) is 20.4 Å². The fraction of sp³-hybridized carbons (Fsp3) is 0.125. The summed E-state index contributed by atoms with van der Waals surface area (Å²) in [7, 11) is 0. The smallest absolute Gasteiger partial charge is 0.269 e. The Morgan fingerprint density at radius 3 is 2.27 bits per heavy atom. The van der Waals surface area contributed by atoms with Gasteiger partial charge < -0.3 is 5.32 Å².